The molecule has 0 radical (unpaired) electrons. The molecule has 1 heterocycles. The van der Waals surface area contributed by atoms with Crippen LogP contribution in [-0.4, -0.2) is 23.9 Å². The first kappa shape index (κ1) is 15.3. The summed E-state index contributed by atoms with van der Waals surface area (Å²) in [6.07, 6.45) is 2.57. The van der Waals surface area contributed by atoms with E-state index in [-0.39, 0.29) is 5.91 Å². The van der Waals surface area contributed by atoms with Gasteiger partial charge in [-0.3, -0.25) is 9.69 Å². The number of piperidine rings is 1. The number of amides is 1. The quantitative estimate of drug-likeness (QED) is 0.871. The van der Waals surface area contributed by atoms with E-state index in [4.69, 9.17) is 23.1 Å². The topological polar surface area (TPSA) is 72.3 Å². The number of benzene rings is 1. The second-order valence-corrected chi connectivity index (χ2v) is 5.93. The molecule has 1 aliphatic heterocycles. The molecule has 0 saturated carbocycles. The monoisotopic (exact) mass is 295 g/mol. The van der Waals surface area contributed by atoms with Gasteiger partial charge in [0, 0.05) is 24.5 Å². The molecule has 0 spiro atoms. The third-order valence-electron chi connectivity index (χ3n) is 3.94. The number of carbonyl (C=O) groups is 1. The minimum absolute atomic E-state index is 0.191. The van der Waals surface area contributed by atoms with E-state index in [1.807, 2.05) is 12.1 Å². The minimum atomic E-state index is -0.191. The molecule has 1 amide bonds. The summed E-state index contributed by atoms with van der Waals surface area (Å²) >= 11 is 6.28. The van der Waals surface area contributed by atoms with Gasteiger partial charge >= 0.3 is 0 Å². The summed E-state index contributed by atoms with van der Waals surface area (Å²) in [5.74, 6) is 0.253. The standard InChI is InChI=1S/C15H22ClN3O/c16-14-7-12(9-17)1-2-13(14)10-19-5-3-11(4-6-19)8-15(18)20/h1-2,7,11H,3-6,8-10,17H2,(H2,18,20). The molecule has 20 heavy (non-hydrogen) atoms. The van der Waals surface area contributed by atoms with Gasteiger partial charge in [0.25, 0.3) is 0 Å². The highest BCUT2D eigenvalue weighted by atomic mass is 35.5. The second-order valence-electron chi connectivity index (χ2n) is 5.52. The zero-order chi connectivity index (χ0) is 14.5. The van der Waals surface area contributed by atoms with Crippen LogP contribution in [0.3, 0.4) is 0 Å². The number of nitrogens with two attached hydrogens (primary N) is 2. The Morgan fingerprint density at radius 1 is 1.35 bits per heavy atom. The first-order valence-corrected chi connectivity index (χ1v) is 7.44. The Bertz CT molecular complexity index is 470. The van der Waals surface area contributed by atoms with Crippen LogP contribution in [-0.2, 0) is 17.9 Å². The van der Waals surface area contributed by atoms with Crippen LogP contribution in [0.15, 0.2) is 18.2 Å². The van der Waals surface area contributed by atoms with Gasteiger partial charge in [0.05, 0.1) is 0 Å². The third-order valence-corrected chi connectivity index (χ3v) is 4.30. The zero-order valence-electron chi connectivity index (χ0n) is 11.6. The van der Waals surface area contributed by atoms with Gasteiger partial charge in [0.2, 0.25) is 5.91 Å². The van der Waals surface area contributed by atoms with Crippen LogP contribution in [0.1, 0.15) is 30.4 Å². The van der Waals surface area contributed by atoms with Gasteiger partial charge in [-0.1, -0.05) is 23.7 Å². The maximum atomic E-state index is 10.9. The lowest BCUT2D eigenvalue weighted by atomic mass is 9.93. The van der Waals surface area contributed by atoms with E-state index in [0.29, 0.717) is 18.9 Å². The Balaban J connectivity index is 1.88. The van der Waals surface area contributed by atoms with Gasteiger partial charge in [0.1, 0.15) is 0 Å². The summed E-state index contributed by atoms with van der Waals surface area (Å²) in [6.45, 7) is 3.35. The molecule has 0 aromatic heterocycles. The molecule has 2 rings (SSSR count). The number of nitrogens with zero attached hydrogens (tertiary/aromatic N) is 1. The molecule has 5 heteroatoms. The molecule has 110 valence electrons. The van der Waals surface area contributed by atoms with Gasteiger partial charge in [-0.2, -0.15) is 0 Å². The molecule has 4 nitrogen and oxygen atoms in total. The molecule has 1 aromatic carbocycles. The highest BCUT2D eigenvalue weighted by Gasteiger charge is 2.21. The molecule has 1 fully saturated rings. The molecule has 0 atom stereocenters. The van der Waals surface area contributed by atoms with E-state index in [1.165, 1.54) is 0 Å². The molecule has 4 N–H and O–H groups in total. The highest BCUT2D eigenvalue weighted by Crippen LogP contribution is 2.24. The maximum absolute atomic E-state index is 10.9. The minimum Gasteiger partial charge on any atom is -0.370 e. The van der Waals surface area contributed by atoms with Crippen molar-refractivity contribution in [2.24, 2.45) is 17.4 Å². The first-order chi connectivity index (χ1) is 9.58. The van der Waals surface area contributed by atoms with Crippen molar-refractivity contribution in [1.29, 1.82) is 0 Å². The van der Waals surface area contributed by atoms with Crippen LogP contribution in [0.4, 0.5) is 0 Å². The van der Waals surface area contributed by atoms with E-state index in [0.717, 1.165) is 48.6 Å². The van der Waals surface area contributed by atoms with Crippen molar-refractivity contribution >= 4 is 17.5 Å². The number of halogens is 1. The van der Waals surface area contributed by atoms with E-state index in [9.17, 15) is 4.79 Å². The van der Waals surface area contributed by atoms with E-state index >= 15 is 0 Å². The number of primary amides is 1. The first-order valence-electron chi connectivity index (χ1n) is 7.06. The molecular weight excluding hydrogens is 274 g/mol. The molecule has 1 aliphatic rings. The third kappa shape index (κ3) is 4.20. The van der Waals surface area contributed by atoms with Crippen LogP contribution >= 0.6 is 11.6 Å². The summed E-state index contributed by atoms with van der Waals surface area (Å²) in [5, 5.41) is 0.784. The Morgan fingerprint density at radius 3 is 2.60 bits per heavy atom. The Hall–Kier alpha value is -1.10. The van der Waals surface area contributed by atoms with Gasteiger partial charge in [-0.05, 0) is 49.0 Å². The Morgan fingerprint density at radius 2 is 2.05 bits per heavy atom. The average molecular weight is 296 g/mol. The number of rotatable bonds is 5. The largest absolute Gasteiger partial charge is 0.370 e. The lowest BCUT2D eigenvalue weighted by molar-refractivity contribution is -0.119. The lowest BCUT2D eigenvalue weighted by Crippen LogP contribution is -2.34. The maximum Gasteiger partial charge on any atom is 0.217 e. The number of hydrogen-bond donors (Lipinski definition) is 2. The van der Waals surface area contributed by atoms with Crippen LogP contribution in [0.25, 0.3) is 0 Å². The summed E-state index contributed by atoms with van der Waals surface area (Å²) in [4.78, 5) is 13.3. The van der Waals surface area contributed by atoms with E-state index < -0.39 is 0 Å². The fraction of sp³-hybridized carbons (Fsp3) is 0.533. The zero-order valence-corrected chi connectivity index (χ0v) is 12.4. The fourth-order valence-electron chi connectivity index (χ4n) is 2.72. The van der Waals surface area contributed by atoms with Crippen molar-refractivity contribution in [3.8, 4) is 0 Å². The SMILES string of the molecule is NCc1ccc(CN2CCC(CC(N)=O)CC2)c(Cl)c1. The van der Waals surface area contributed by atoms with Gasteiger partial charge < -0.3 is 11.5 Å². The summed E-state index contributed by atoms with van der Waals surface area (Å²) in [5.41, 5.74) is 13.0. The molecule has 0 bridgehead atoms. The molecule has 1 saturated heterocycles. The predicted molar refractivity (Wildman–Crippen MR) is 81.2 cm³/mol. The summed E-state index contributed by atoms with van der Waals surface area (Å²) in [7, 11) is 0. The second kappa shape index (κ2) is 7.07. The molecule has 0 aliphatic carbocycles. The number of hydrogen-bond acceptors (Lipinski definition) is 3. The van der Waals surface area contributed by atoms with Crippen molar-refractivity contribution in [3.63, 3.8) is 0 Å². The molecular formula is C15H22ClN3O. The number of carbonyl (C=O) groups excluding carboxylic acids is 1. The Kier molecular flexibility index (Phi) is 5.40. The van der Waals surface area contributed by atoms with E-state index in [2.05, 4.69) is 11.0 Å². The summed E-state index contributed by atoms with van der Waals surface area (Å²) < 4.78 is 0. The summed E-state index contributed by atoms with van der Waals surface area (Å²) in [6, 6.07) is 6.03. The lowest BCUT2D eigenvalue weighted by Gasteiger charge is -2.31. The van der Waals surface area contributed by atoms with Crippen LogP contribution in [0, 0.1) is 5.92 Å². The Labute approximate surface area is 125 Å². The van der Waals surface area contributed by atoms with E-state index in [1.54, 1.807) is 0 Å². The smallest absolute Gasteiger partial charge is 0.217 e. The molecule has 1 aromatic rings. The van der Waals surface area contributed by atoms with Crippen LogP contribution in [0.2, 0.25) is 5.02 Å². The normalized spacial score (nSPS) is 17.3. The van der Waals surface area contributed by atoms with Crippen LogP contribution in [0.5, 0.6) is 0 Å². The van der Waals surface area contributed by atoms with Crippen molar-refractivity contribution in [2.45, 2.75) is 32.4 Å². The average Bonchev–Trinajstić information content (AvgIpc) is 2.42. The van der Waals surface area contributed by atoms with Crippen molar-refractivity contribution in [1.82, 2.24) is 4.90 Å². The molecule has 0 unspecified atom stereocenters. The van der Waals surface area contributed by atoms with Crippen molar-refractivity contribution < 1.29 is 4.79 Å². The van der Waals surface area contributed by atoms with Crippen molar-refractivity contribution in [3.05, 3.63) is 34.3 Å². The van der Waals surface area contributed by atoms with Gasteiger partial charge in [-0.25, -0.2) is 0 Å². The van der Waals surface area contributed by atoms with Crippen molar-refractivity contribution in [2.75, 3.05) is 13.1 Å². The highest BCUT2D eigenvalue weighted by molar-refractivity contribution is 6.31. The van der Waals surface area contributed by atoms with Crippen LogP contribution < -0.4 is 11.5 Å². The predicted octanol–water partition coefficient (Wildman–Crippen LogP) is 1.89. The number of likely N-dealkylation sites (tertiary alicyclic amines) is 1. The van der Waals surface area contributed by atoms with Gasteiger partial charge in [-0.15, -0.1) is 0 Å². The fourth-order valence-corrected chi connectivity index (χ4v) is 2.98. The van der Waals surface area contributed by atoms with Gasteiger partial charge in [0.15, 0.2) is 0 Å².